The number of halogens is 1. The standard InChI is InChI=1S/C11H10ClNOS/c1-9(14)15-7-3-2-4-11-6-5-10(12)8-13-11/h5-6,8H,3,7H2,1H3. The molecule has 0 aliphatic heterocycles. The maximum Gasteiger partial charge on any atom is 0.185 e. The van der Waals surface area contributed by atoms with Crippen molar-refractivity contribution in [3.63, 3.8) is 0 Å². The summed E-state index contributed by atoms with van der Waals surface area (Å²) in [6, 6.07) is 3.52. The zero-order valence-corrected chi connectivity index (χ0v) is 9.86. The average molecular weight is 240 g/mol. The first kappa shape index (κ1) is 12.1. The Kier molecular flexibility index (Phi) is 5.23. The number of thioether (sulfide) groups is 1. The number of pyridine rings is 1. The number of carbonyl (C=O) groups excluding carboxylic acids is 1. The molecule has 0 N–H and O–H groups in total. The smallest absolute Gasteiger partial charge is 0.185 e. The molecule has 78 valence electrons. The number of aromatic nitrogens is 1. The maximum atomic E-state index is 10.6. The van der Waals surface area contributed by atoms with Gasteiger partial charge in [0.15, 0.2) is 5.12 Å². The largest absolute Gasteiger partial charge is 0.288 e. The monoisotopic (exact) mass is 239 g/mol. The van der Waals surface area contributed by atoms with Gasteiger partial charge in [0.25, 0.3) is 0 Å². The second-order valence-electron chi connectivity index (χ2n) is 2.75. The summed E-state index contributed by atoms with van der Waals surface area (Å²) in [4.78, 5) is 14.6. The molecule has 0 bridgehead atoms. The van der Waals surface area contributed by atoms with E-state index in [1.807, 2.05) is 0 Å². The second kappa shape index (κ2) is 6.49. The molecule has 0 aliphatic rings. The lowest BCUT2D eigenvalue weighted by molar-refractivity contribution is -0.109. The van der Waals surface area contributed by atoms with Gasteiger partial charge in [0.1, 0.15) is 5.69 Å². The van der Waals surface area contributed by atoms with E-state index in [2.05, 4.69) is 16.8 Å². The molecule has 1 heterocycles. The summed E-state index contributed by atoms with van der Waals surface area (Å²) >= 11 is 6.96. The number of hydrogen-bond donors (Lipinski definition) is 0. The molecule has 0 atom stereocenters. The Bertz CT molecular complexity index is 391. The highest BCUT2D eigenvalue weighted by atomic mass is 35.5. The van der Waals surface area contributed by atoms with E-state index >= 15 is 0 Å². The molecule has 15 heavy (non-hydrogen) atoms. The fourth-order valence-electron chi connectivity index (χ4n) is 0.849. The third-order valence-corrected chi connectivity index (χ3v) is 2.51. The molecular weight excluding hydrogens is 230 g/mol. The summed E-state index contributed by atoms with van der Waals surface area (Å²) < 4.78 is 0. The lowest BCUT2D eigenvalue weighted by Crippen LogP contribution is -1.84. The molecule has 0 radical (unpaired) electrons. The molecule has 4 heteroatoms. The van der Waals surface area contributed by atoms with Crippen molar-refractivity contribution < 1.29 is 4.79 Å². The third kappa shape index (κ3) is 5.46. The van der Waals surface area contributed by atoms with E-state index < -0.39 is 0 Å². The summed E-state index contributed by atoms with van der Waals surface area (Å²) in [5.74, 6) is 6.58. The predicted octanol–water partition coefficient (Wildman–Crippen LogP) is 2.76. The molecule has 1 rings (SSSR count). The SMILES string of the molecule is CC(=O)SCCC#Cc1ccc(Cl)cn1. The van der Waals surface area contributed by atoms with Crippen LogP contribution in [-0.2, 0) is 4.79 Å². The highest BCUT2D eigenvalue weighted by Gasteiger charge is 1.91. The first-order chi connectivity index (χ1) is 7.18. The van der Waals surface area contributed by atoms with Crippen LogP contribution < -0.4 is 0 Å². The Labute approximate surface area is 98.4 Å². The molecule has 0 aromatic carbocycles. The van der Waals surface area contributed by atoms with E-state index in [0.717, 1.165) is 5.75 Å². The van der Waals surface area contributed by atoms with Crippen molar-refractivity contribution in [2.45, 2.75) is 13.3 Å². The first-order valence-electron chi connectivity index (χ1n) is 4.42. The van der Waals surface area contributed by atoms with Crippen molar-refractivity contribution in [2.75, 3.05) is 5.75 Å². The molecule has 0 saturated carbocycles. The fourth-order valence-corrected chi connectivity index (χ4v) is 1.45. The zero-order chi connectivity index (χ0) is 11.1. The van der Waals surface area contributed by atoms with Gasteiger partial charge >= 0.3 is 0 Å². The summed E-state index contributed by atoms with van der Waals surface area (Å²) in [7, 11) is 0. The minimum absolute atomic E-state index is 0.126. The molecule has 0 amide bonds. The highest BCUT2D eigenvalue weighted by Crippen LogP contribution is 2.05. The predicted molar refractivity (Wildman–Crippen MR) is 63.9 cm³/mol. The average Bonchev–Trinajstić information content (AvgIpc) is 2.20. The zero-order valence-electron chi connectivity index (χ0n) is 8.29. The van der Waals surface area contributed by atoms with Gasteiger partial charge in [-0.15, -0.1) is 0 Å². The minimum Gasteiger partial charge on any atom is -0.288 e. The van der Waals surface area contributed by atoms with Crippen LogP contribution in [0.2, 0.25) is 5.02 Å². The highest BCUT2D eigenvalue weighted by molar-refractivity contribution is 8.13. The van der Waals surface area contributed by atoms with E-state index in [-0.39, 0.29) is 5.12 Å². The van der Waals surface area contributed by atoms with E-state index in [9.17, 15) is 4.79 Å². The van der Waals surface area contributed by atoms with Gasteiger partial charge in [0, 0.05) is 25.3 Å². The first-order valence-corrected chi connectivity index (χ1v) is 5.78. The lowest BCUT2D eigenvalue weighted by Gasteiger charge is -1.90. The Balaban J connectivity index is 2.38. The molecule has 1 aromatic heterocycles. The summed E-state index contributed by atoms with van der Waals surface area (Å²) in [5, 5.41) is 0.731. The van der Waals surface area contributed by atoms with Crippen LogP contribution in [0.25, 0.3) is 0 Å². The van der Waals surface area contributed by atoms with E-state index in [4.69, 9.17) is 11.6 Å². The Morgan fingerprint density at radius 2 is 2.40 bits per heavy atom. The molecule has 0 saturated heterocycles. The van der Waals surface area contributed by atoms with Crippen molar-refractivity contribution in [1.29, 1.82) is 0 Å². The molecule has 0 aliphatic carbocycles. The van der Waals surface area contributed by atoms with Crippen molar-refractivity contribution >= 4 is 28.5 Å². The van der Waals surface area contributed by atoms with E-state index in [1.165, 1.54) is 11.8 Å². The van der Waals surface area contributed by atoms with Crippen molar-refractivity contribution in [1.82, 2.24) is 4.98 Å². The summed E-state index contributed by atoms with van der Waals surface area (Å²) in [5.41, 5.74) is 0.701. The topological polar surface area (TPSA) is 30.0 Å². The van der Waals surface area contributed by atoms with Crippen molar-refractivity contribution in [3.05, 3.63) is 29.0 Å². The van der Waals surface area contributed by atoms with Gasteiger partial charge in [-0.05, 0) is 18.1 Å². The van der Waals surface area contributed by atoms with Gasteiger partial charge in [-0.1, -0.05) is 29.3 Å². The lowest BCUT2D eigenvalue weighted by atomic mass is 10.3. The number of nitrogens with zero attached hydrogens (tertiary/aromatic N) is 1. The van der Waals surface area contributed by atoms with Gasteiger partial charge in [0.05, 0.1) is 5.02 Å². The van der Waals surface area contributed by atoms with Crippen LogP contribution in [0.1, 0.15) is 19.0 Å². The van der Waals surface area contributed by atoms with Crippen LogP contribution in [0.4, 0.5) is 0 Å². The van der Waals surface area contributed by atoms with Crippen molar-refractivity contribution in [3.8, 4) is 11.8 Å². The number of hydrogen-bond acceptors (Lipinski definition) is 3. The summed E-state index contributed by atoms with van der Waals surface area (Å²) in [6.07, 6.45) is 2.25. The quantitative estimate of drug-likeness (QED) is 0.587. The van der Waals surface area contributed by atoms with Crippen molar-refractivity contribution in [2.24, 2.45) is 0 Å². The molecule has 0 fully saturated rings. The second-order valence-corrected chi connectivity index (χ2v) is 4.46. The third-order valence-electron chi connectivity index (χ3n) is 1.48. The van der Waals surface area contributed by atoms with Crippen LogP contribution in [0.15, 0.2) is 18.3 Å². The maximum absolute atomic E-state index is 10.6. The van der Waals surface area contributed by atoms with Gasteiger partial charge in [0.2, 0.25) is 0 Å². The fraction of sp³-hybridized carbons (Fsp3) is 0.273. The Morgan fingerprint density at radius 1 is 1.60 bits per heavy atom. The summed E-state index contributed by atoms with van der Waals surface area (Å²) in [6.45, 7) is 1.55. The molecule has 0 unspecified atom stereocenters. The minimum atomic E-state index is 0.126. The van der Waals surface area contributed by atoms with Gasteiger partial charge in [-0.25, -0.2) is 4.98 Å². The van der Waals surface area contributed by atoms with E-state index in [1.54, 1.807) is 25.3 Å². The van der Waals surface area contributed by atoms with Gasteiger partial charge < -0.3 is 0 Å². The van der Waals surface area contributed by atoms with Gasteiger partial charge in [-0.2, -0.15) is 0 Å². The van der Waals surface area contributed by atoms with E-state index in [0.29, 0.717) is 17.1 Å². The molecule has 2 nitrogen and oxygen atoms in total. The van der Waals surface area contributed by atoms with Crippen LogP contribution >= 0.6 is 23.4 Å². The van der Waals surface area contributed by atoms with Crippen LogP contribution in [0.3, 0.4) is 0 Å². The van der Waals surface area contributed by atoms with Gasteiger partial charge in [-0.3, -0.25) is 4.79 Å². The Morgan fingerprint density at radius 3 is 3.00 bits per heavy atom. The van der Waals surface area contributed by atoms with Crippen LogP contribution in [0, 0.1) is 11.8 Å². The molecule has 1 aromatic rings. The Hall–Kier alpha value is -0.980. The molecular formula is C11H10ClNOS. The van der Waals surface area contributed by atoms with Crippen LogP contribution in [0.5, 0.6) is 0 Å². The van der Waals surface area contributed by atoms with Crippen LogP contribution in [-0.4, -0.2) is 15.9 Å². The number of rotatable bonds is 2. The normalized spacial score (nSPS) is 9.20. The molecule has 0 spiro atoms. The number of carbonyl (C=O) groups is 1.